The highest BCUT2D eigenvalue weighted by molar-refractivity contribution is 5.95. The molecule has 2 aliphatic rings. The van der Waals surface area contributed by atoms with E-state index in [9.17, 15) is 9.59 Å². The molecular weight excluding hydrogens is 320 g/mol. The molecule has 6 heteroatoms. The van der Waals surface area contributed by atoms with Crippen LogP contribution in [0.1, 0.15) is 43.0 Å². The molecule has 0 saturated carbocycles. The van der Waals surface area contributed by atoms with E-state index in [-0.39, 0.29) is 29.9 Å². The minimum Gasteiger partial charge on any atom is -0.491 e. The predicted molar refractivity (Wildman–Crippen MR) is 93.3 cm³/mol. The summed E-state index contributed by atoms with van der Waals surface area (Å²) in [6, 6.07) is 7.27. The first-order chi connectivity index (χ1) is 12.0. The molecule has 2 aliphatic heterocycles. The van der Waals surface area contributed by atoms with Crippen molar-refractivity contribution < 1.29 is 19.1 Å². The van der Waals surface area contributed by atoms with Crippen LogP contribution in [0.15, 0.2) is 24.3 Å². The SMILES string of the molecule is C[C@@H]1CC[C@H](C(N)=O)CN1C(=O)c1ccc(OC[C@H]2CCCO2)cc1. The number of nitrogens with two attached hydrogens (primary N) is 1. The number of hydrogen-bond donors (Lipinski definition) is 1. The third kappa shape index (κ3) is 4.31. The summed E-state index contributed by atoms with van der Waals surface area (Å²) in [5.41, 5.74) is 6.01. The van der Waals surface area contributed by atoms with Crippen molar-refractivity contribution in [2.45, 2.75) is 44.8 Å². The number of carbonyl (C=O) groups excluding carboxylic acids is 2. The van der Waals surface area contributed by atoms with Crippen LogP contribution in [0.4, 0.5) is 0 Å². The highest BCUT2D eigenvalue weighted by Gasteiger charge is 2.32. The van der Waals surface area contributed by atoms with Crippen LogP contribution in [0.3, 0.4) is 0 Å². The normalized spacial score (nSPS) is 26.4. The van der Waals surface area contributed by atoms with E-state index in [0.29, 0.717) is 18.7 Å². The quantitative estimate of drug-likeness (QED) is 0.884. The number of ether oxygens (including phenoxy) is 2. The summed E-state index contributed by atoms with van der Waals surface area (Å²) in [6.07, 6.45) is 3.83. The van der Waals surface area contributed by atoms with Gasteiger partial charge in [-0.15, -0.1) is 0 Å². The van der Waals surface area contributed by atoms with Crippen LogP contribution in [0.2, 0.25) is 0 Å². The van der Waals surface area contributed by atoms with E-state index < -0.39 is 0 Å². The number of primary amides is 1. The average Bonchev–Trinajstić information content (AvgIpc) is 3.13. The van der Waals surface area contributed by atoms with Crippen molar-refractivity contribution in [3.05, 3.63) is 29.8 Å². The second-order valence-corrected chi connectivity index (χ2v) is 6.95. The maximum Gasteiger partial charge on any atom is 0.254 e. The maximum atomic E-state index is 12.8. The minimum atomic E-state index is -0.331. The minimum absolute atomic E-state index is 0.0656. The average molecular weight is 346 g/mol. The number of piperidine rings is 1. The van der Waals surface area contributed by atoms with Gasteiger partial charge in [-0.25, -0.2) is 0 Å². The van der Waals surface area contributed by atoms with Crippen molar-refractivity contribution in [2.24, 2.45) is 11.7 Å². The standard InChI is InChI=1S/C19H26N2O4/c1-13-4-5-15(18(20)22)11-21(13)19(23)14-6-8-16(9-7-14)25-12-17-3-2-10-24-17/h6-9,13,15,17H,2-5,10-12H2,1H3,(H2,20,22)/t13-,15+,17-/m1/s1. The van der Waals surface area contributed by atoms with E-state index in [1.165, 1.54) is 0 Å². The Kier molecular flexibility index (Phi) is 5.58. The van der Waals surface area contributed by atoms with E-state index in [4.69, 9.17) is 15.2 Å². The Hall–Kier alpha value is -2.08. The molecule has 2 N–H and O–H groups in total. The molecular formula is C19H26N2O4. The van der Waals surface area contributed by atoms with E-state index in [0.717, 1.165) is 38.0 Å². The number of carbonyl (C=O) groups is 2. The van der Waals surface area contributed by atoms with Crippen LogP contribution < -0.4 is 10.5 Å². The number of nitrogens with zero attached hydrogens (tertiary/aromatic N) is 1. The third-order valence-electron chi connectivity index (χ3n) is 5.11. The number of rotatable bonds is 5. The smallest absolute Gasteiger partial charge is 0.254 e. The van der Waals surface area contributed by atoms with E-state index in [1.54, 1.807) is 17.0 Å². The zero-order valence-corrected chi connectivity index (χ0v) is 14.6. The van der Waals surface area contributed by atoms with Crippen LogP contribution in [-0.4, -0.2) is 48.6 Å². The Balaban J connectivity index is 1.60. The van der Waals surface area contributed by atoms with Gasteiger partial charge < -0.3 is 20.1 Å². The van der Waals surface area contributed by atoms with Gasteiger partial charge >= 0.3 is 0 Å². The largest absolute Gasteiger partial charge is 0.491 e. The fourth-order valence-electron chi connectivity index (χ4n) is 3.45. The maximum absolute atomic E-state index is 12.8. The molecule has 0 spiro atoms. The van der Waals surface area contributed by atoms with E-state index in [1.807, 2.05) is 19.1 Å². The van der Waals surface area contributed by atoms with E-state index in [2.05, 4.69) is 0 Å². The predicted octanol–water partition coefficient (Wildman–Crippen LogP) is 1.97. The van der Waals surface area contributed by atoms with Gasteiger partial charge in [0.15, 0.2) is 0 Å². The summed E-state index contributed by atoms with van der Waals surface area (Å²) < 4.78 is 11.3. The summed E-state index contributed by atoms with van der Waals surface area (Å²) in [5.74, 6) is 0.0784. The van der Waals surface area contributed by atoms with Crippen LogP contribution in [0.5, 0.6) is 5.75 Å². The van der Waals surface area contributed by atoms with Gasteiger partial charge in [-0.1, -0.05) is 0 Å². The van der Waals surface area contributed by atoms with Crippen molar-refractivity contribution in [2.75, 3.05) is 19.8 Å². The molecule has 6 nitrogen and oxygen atoms in total. The molecule has 0 unspecified atom stereocenters. The van der Waals surface area contributed by atoms with Crippen LogP contribution in [0, 0.1) is 5.92 Å². The molecule has 2 saturated heterocycles. The number of benzene rings is 1. The van der Waals surface area contributed by atoms with Crippen molar-refractivity contribution in [1.82, 2.24) is 4.90 Å². The number of amides is 2. The molecule has 0 aromatic heterocycles. The van der Waals surface area contributed by atoms with Gasteiger partial charge in [-0.3, -0.25) is 9.59 Å². The molecule has 2 heterocycles. The van der Waals surface area contributed by atoms with Crippen molar-refractivity contribution >= 4 is 11.8 Å². The van der Waals surface area contributed by atoms with Crippen molar-refractivity contribution in [3.8, 4) is 5.75 Å². The van der Waals surface area contributed by atoms with Crippen LogP contribution in [-0.2, 0) is 9.53 Å². The molecule has 0 aliphatic carbocycles. The Morgan fingerprint density at radius 1 is 1.24 bits per heavy atom. The molecule has 1 aromatic rings. The summed E-state index contributed by atoms with van der Waals surface area (Å²) >= 11 is 0. The van der Waals surface area contributed by atoms with Crippen LogP contribution in [0.25, 0.3) is 0 Å². The Labute approximate surface area is 148 Å². The lowest BCUT2D eigenvalue weighted by molar-refractivity contribution is -0.123. The number of hydrogen-bond acceptors (Lipinski definition) is 4. The first kappa shape index (κ1) is 17.7. The summed E-state index contributed by atoms with van der Waals surface area (Å²) in [4.78, 5) is 26.0. The van der Waals surface area contributed by atoms with Crippen molar-refractivity contribution in [1.29, 1.82) is 0 Å². The second-order valence-electron chi connectivity index (χ2n) is 6.95. The topological polar surface area (TPSA) is 81.9 Å². The summed E-state index contributed by atoms with van der Waals surface area (Å²) in [7, 11) is 0. The van der Waals surface area contributed by atoms with Gasteiger partial charge in [0, 0.05) is 24.8 Å². The van der Waals surface area contributed by atoms with Gasteiger partial charge in [0.2, 0.25) is 5.91 Å². The molecule has 3 rings (SSSR count). The zero-order chi connectivity index (χ0) is 17.8. The van der Waals surface area contributed by atoms with Gasteiger partial charge in [0.25, 0.3) is 5.91 Å². The Morgan fingerprint density at radius 2 is 2.00 bits per heavy atom. The molecule has 136 valence electrons. The van der Waals surface area contributed by atoms with Gasteiger partial charge in [-0.2, -0.15) is 0 Å². The summed E-state index contributed by atoms with van der Waals surface area (Å²) in [5, 5.41) is 0. The summed E-state index contributed by atoms with van der Waals surface area (Å²) in [6.45, 7) is 3.75. The van der Waals surface area contributed by atoms with Crippen LogP contribution >= 0.6 is 0 Å². The fraction of sp³-hybridized carbons (Fsp3) is 0.579. The number of likely N-dealkylation sites (tertiary alicyclic amines) is 1. The fourth-order valence-corrected chi connectivity index (χ4v) is 3.45. The van der Waals surface area contributed by atoms with Gasteiger partial charge in [0.05, 0.1) is 12.0 Å². The second kappa shape index (κ2) is 7.87. The first-order valence-corrected chi connectivity index (χ1v) is 8.99. The molecule has 0 bridgehead atoms. The van der Waals surface area contributed by atoms with E-state index >= 15 is 0 Å². The highest BCUT2D eigenvalue weighted by atomic mass is 16.5. The highest BCUT2D eigenvalue weighted by Crippen LogP contribution is 2.24. The lowest BCUT2D eigenvalue weighted by Gasteiger charge is -2.37. The molecule has 0 radical (unpaired) electrons. The molecule has 25 heavy (non-hydrogen) atoms. The first-order valence-electron chi connectivity index (χ1n) is 8.99. The Bertz CT molecular complexity index is 610. The lowest BCUT2D eigenvalue weighted by atomic mass is 9.92. The molecule has 2 amide bonds. The molecule has 1 aromatic carbocycles. The van der Waals surface area contributed by atoms with Crippen molar-refractivity contribution in [3.63, 3.8) is 0 Å². The Morgan fingerprint density at radius 3 is 2.64 bits per heavy atom. The lowest BCUT2D eigenvalue weighted by Crippen LogP contribution is -2.48. The third-order valence-corrected chi connectivity index (χ3v) is 5.11. The molecule has 3 atom stereocenters. The molecule has 2 fully saturated rings. The van der Waals surface area contributed by atoms with Gasteiger partial charge in [-0.05, 0) is 56.9 Å². The monoisotopic (exact) mass is 346 g/mol. The van der Waals surface area contributed by atoms with Gasteiger partial charge in [0.1, 0.15) is 12.4 Å². The zero-order valence-electron chi connectivity index (χ0n) is 14.6.